The van der Waals surface area contributed by atoms with Crippen LogP contribution in [0.25, 0.3) is 0 Å². The van der Waals surface area contributed by atoms with Crippen molar-refractivity contribution in [2.24, 2.45) is 14.1 Å². The minimum Gasteiger partial charge on any atom is -0.384 e. The number of nitrogens with zero attached hydrogens (tertiary/aromatic N) is 6. The highest BCUT2D eigenvalue weighted by molar-refractivity contribution is 8.00. The van der Waals surface area contributed by atoms with E-state index in [9.17, 15) is 14.4 Å². The minimum atomic E-state index is -0.705. The third-order valence-electron chi connectivity index (χ3n) is 5.84. The molecule has 0 aliphatic carbocycles. The molecule has 0 aliphatic rings. The highest BCUT2D eigenvalue weighted by atomic mass is 32.2. The van der Waals surface area contributed by atoms with Crippen LogP contribution in [0.2, 0.25) is 0 Å². The van der Waals surface area contributed by atoms with Gasteiger partial charge in [0, 0.05) is 14.1 Å². The topological polar surface area (TPSA) is 121 Å². The summed E-state index contributed by atoms with van der Waals surface area (Å²) in [6, 6.07) is 10.00. The highest BCUT2D eigenvalue weighted by Gasteiger charge is 2.28. The Morgan fingerprint density at radius 2 is 1.76 bits per heavy atom. The lowest BCUT2D eigenvalue weighted by atomic mass is 10.1. The Morgan fingerprint density at radius 1 is 1.12 bits per heavy atom. The van der Waals surface area contributed by atoms with Crippen LogP contribution in [0.3, 0.4) is 0 Å². The fourth-order valence-electron chi connectivity index (χ4n) is 3.83. The molecule has 0 unspecified atom stereocenters. The van der Waals surface area contributed by atoms with E-state index in [1.165, 1.54) is 25.9 Å². The number of nitrogen functional groups attached to an aromatic ring is 1. The SMILES string of the molecule is CC[C@H](c1nnc(S[C@H](C)C(=O)c2c(N)n(C)c(=O)n(C)c2=O)n1Cc1ccccc1)N(C)C. The summed E-state index contributed by atoms with van der Waals surface area (Å²) >= 11 is 1.22. The average Bonchev–Trinajstić information content (AvgIpc) is 3.18. The maximum Gasteiger partial charge on any atom is 0.332 e. The molecule has 2 aromatic heterocycles. The lowest BCUT2D eigenvalue weighted by molar-refractivity contribution is 0.0992. The van der Waals surface area contributed by atoms with Gasteiger partial charge in [0.1, 0.15) is 11.4 Å². The molecule has 1 aromatic carbocycles. The smallest absolute Gasteiger partial charge is 0.332 e. The van der Waals surface area contributed by atoms with Crippen molar-refractivity contribution in [2.45, 2.75) is 43.3 Å². The van der Waals surface area contributed by atoms with Gasteiger partial charge in [0.25, 0.3) is 5.56 Å². The third kappa shape index (κ3) is 4.85. The van der Waals surface area contributed by atoms with Crippen molar-refractivity contribution in [3.8, 4) is 0 Å². The summed E-state index contributed by atoms with van der Waals surface area (Å²) in [5.41, 5.74) is 5.59. The number of thioether (sulfide) groups is 1. The van der Waals surface area contributed by atoms with E-state index < -0.39 is 22.3 Å². The van der Waals surface area contributed by atoms with E-state index in [-0.39, 0.29) is 17.4 Å². The zero-order chi connectivity index (χ0) is 25.2. The van der Waals surface area contributed by atoms with Gasteiger partial charge in [-0.25, -0.2) is 4.79 Å². The van der Waals surface area contributed by atoms with Crippen LogP contribution in [0.1, 0.15) is 48.1 Å². The van der Waals surface area contributed by atoms with Gasteiger partial charge in [-0.2, -0.15) is 0 Å². The van der Waals surface area contributed by atoms with Crippen LogP contribution in [0.4, 0.5) is 5.82 Å². The van der Waals surface area contributed by atoms with Gasteiger partial charge in [0.15, 0.2) is 16.8 Å². The predicted molar refractivity (Wildman–Crippen MR) is 133 cm³/mol. The second kappa shape index (κ2) is 10.4. The van der Waals surface area contributed by atoms with Gasteiger partial charge in [-0.1, -0.05) is 49.0 Å². The zero-order valence-corrected chi connectivity index (χ0v) is 21.2. The molecule has 2 N–H and O–H groups in total. The molecule has 0 bridgehead atoms. The Balaban J connectivity index is 2.01. The summed E-state index contributed by atoms with van der Waals surface area (Å²) in [5, 5.41) is 8.76. The van der Waals surface area contributed by atoms with Crippen molar-refractivity contribution in [3.63, 3.8) is 0 Å². The average molecular weight is 486 g/mol. The van der Waals surface area contributed by atoms with Gasteiger partial charge < -0.3 is 10.3 Å². The number of carbonyl (C=O) groups is 1. The standard InChI is InChI=1S/C23H31N7O3S/c1-7-16(27(3)4)20-25-26-22(30(20)13-15-11-9-8-10-12-15)34-14(2)18(31)17-19(24)28(5)23(33)29(6)21(17)32/h8-12,14,16H,7,13,24H2,1-6H3/t14-,16-/m1/s1. The van der Waals surface area contributed by atoms with Crippen LogP contribution < -0.4 is 17.0 Å². The fourth-order valence-corrected chi connectivity index (χ4v) is 4.75. The molecule has 182 valence electrons. The first kappa shape index (κ1) is 25.4. The van der Waals surface area contributed by atoms with Crippen molar-refractivity contribution in [2.75, 3.05) is 19.8 Å². The van der Waals surface area contributed by atoms with Crippen molar-refractivity contribution >= 4 is 23.4 Å². The lowest BCUT2D eigenvalue weighted by Gasteiger charge is -2.23. The maximum absolute atomic E-state index is 13.3. The molecule has 3 aromatic rings. The van der Waals surface area contributed by atoms with E-state index in [1.54, 1.807) is 6.92 Å². The molecular weight excluding hydrogens is 454 g/mol. The molecule has 0 amide bonds. The second-order valence-electron chi connectivity index (χ2n) is 8.39. The van der Waals surface area contributed by atoms with Crippen molar-refractivity contribution in [3.05, 3.63) is 68.1 Å². The number of Topliss-reactive ketones (excluding diaryl/α,β-unsaturated/α-hetero) is 1. The molecule has 2 heterocycles. The van der Waals surface area contributed by atoms with Crippen LogP contribution in [-0.4, -0.2) is 53.9 Å². The zero-order valence-electron chi connectivity index (χ0n) is 20.3. The summed E-state index contributed by atoms with van der Waals surface area (Å²) in [6.45, 7) is 4.32. The quantitative estimate of drug-likeness (QED) is 0.359. The Labute approximate surface area is 202 Å². The molecule has 10 nitrogen and oxygen atoms in total. The first-order valence-corrected chi connectivity index (χ1v) is 11.9. The number of benzene rings is 1. The maximum atomic E-state index is 13.3. The van der Waals surface area contributed by atoms with E-state index in [2.05, 4.69) is 22.0 Å². The van der Waals surface area contributed by atoms with Gasteiger partial charge in [-0.05, 0) is 33.0 Å². The summed E-state index contributed by atoms with van der Waals surface area (Å²) < 4.78 is 4.00. The van der Waals surface area contributed by atoms with Crippen LogP contribution in [0.5, 0.6) is 0 Å². The van der Waals surface area contributed by atoms with Gasteiger partial charge in [0.05, 0.1) is 17.8 Å². The largest absolute Gasteiger partial charge is 0.384 e. The van der Waals surface area contributed by atoms with Crippen LogP contribution in [0.15, 0.2) is 45.1 Å². The molecular formula is C23H31N7O3S. The number of rotatable bonds is 9. The van der Waals surface area contributed by atoms with Crippen LogP contribution >= 0.6 is 11.8 Å². The molecule has 34 heavy (non-hydrogen) atoms. The molecule has 0 aliphatic heterocycles. The number of anilines is 1. The minimum absolute atomic E-state index is 0.0446. The number of hydrogen-bond donors (Lipinski definition) is 1. The Morgan fingerprint density at radius 3 is 2.35 bits per heavy atom. The summed E-state index contributed by atoms with van der Waals surface area (Å²) in [7, 11) is 6.74. The normalized spacial score (nSPS) is 13.3. The molecule has 3 rings (SSSR count). The molecule has 2 atom stereocenters. The number of nitrogens with two attached hydrogens (primary N) is 1. The summed E-state index contributed by atoms with van der Waals surface area (Å²) in [6.07, 6.45) is 0.837. The number of aromatic nitrogens is 5. The molecule has 0 saturated heterocycles. The van der Waals surface area contributed by atoms with E-state index in [0.717, 1.165) is 26.9 Å². The van der Waals surface area contributed by atoms with E-state index in [4.69, 9.17) is 5.73 Å². The molecule has 0 spiro atoms. The monoisotopic (exact) mass is 485 g/mol. The van der Waals surface area contributed by atoms with Gasteiger partial charge in [-0.15, -0.1) is 10.2 Å². The fraction of sp³-hybridized carbons (Fsp3) is 0.435. The Bertz CT molecular complexity index is 1290. The van der Waals surface area contributed by atoms with E-state index in [0.29, 0.717) is 11.7 Å². The third-order valence-corrected chi connectivity index (χ3v) is 6.93. The van der Waals surface area contributed by atoms with Crippen molar-refractivity contribution in [1.29, 1.82) is 0 Å². The molecule has 0 fully saturated rings. The molecule has 0 saturated carbocycles. The predicted octanol–water partition coefficient (Wildman–Crippen LogP) is 1.68. The Kier molecular flexibility index (Phi) is 7.78. The van der Waals surface area contributed by atoms with Crippen molar-refractivity contribution in [1.82, 2.24) is 28.8 Å². The first-order chi connectivity index (χ1) is 16.1. The number of ketones is 1. The highest BCUT2D eigenvalue weighted by Crippen LogP contribution is 2.29. The lowest BCUT2D eigenvalue weighted by Crippen LogP contribution is -2.42. The van der Waals surface area contributed by atoms with Gasteiger partial charge in [0.2, 0.25) is 0 Å². The Hall–Kier alpha value is -3.18. The van der Waals surface area contributed by atoms with Crippen LogP contribution in [-0.2, 0) is 20.6 Å². The molecule has 0 radical (unpaired) electrons. The van der Waals surface area contributed by atoms with Crippen LogP contribution in [0, 0.1) is 0 Å². The van der Waals surface area contributed by atoms with Crippen molar-refractivity contribution < 1.29 is 4.79 Å². The number of hydrogen-bond acceptors (Lipinski definition) is 8. The first-order valence-electron chi connectivity index (χ1n) is 11.0. The summed E-state index contributed by atoms with van der Waals surface area (Å²) in [4.78, 5) is 40.2. The second-order valence-corrected chi connectivity index (χ2v) is 9.70. The number of carbonyl (C=O) groups excluding carboxylic acids is 1. The summed E-state index contributed by atoms with van der Waals surface area (Å²) in [5.74, 6) is 0.195. The molecule has 11 heteroatoms. The van der Waals surface area contributed by atoms with E-state index >= 15 is 0 Å². The van der Waals surface area contributed by atoms with Gasteiger partial charge in [-0.3, -0.25) is 23.6 Å². The van der Waals surface area contributed by atoms with Gasteiger partial charge >= 0.3 is 5.69 Å². The van der Waals surface area contributed by atoms with E-state index in [1.807, 2.05) is 49.0 Å².